The van der Waals surface area contributed by atoms with Crippen molar-refractivity contribution >= 4 is 18.5 Å². The minimum Gasteiger partial charge on any atom is -0.276 e. The molecule has 0 saturated carbocycles. The Hall–Kier alpha value is -0.300. The summed E-state index contributed by atoms with van der Waals surface area (Å²) in [4.78, 5) is 20.7. The number of carbonyl (C=O) groups excluding carboxylic acids is 1. The van der Waals surface area contributed by atoms with E-state index in [4.69, 9.17) is 14.1 Å². The van der Waals surface area contributed by atoms with E-state index in [1.54, 1.807) is 0 Å². The van der Waals surface area contributed by atoms with Gasteiger partial charge in [0.25, 0.3) is 0 Å². The van der Waals surface area contributed by atoms with E-state index in [1.165, 1.54) is 17.1 Å². The lowest BCUT2D eigenvalue weighted by atomic mass is 10.1. The second-order valence-electron chi connectivity index (χ2n) is 3.20. The van der Waals surface area contributed by atoms with E-state index in [0.29, 0.717) is 19.6 Å². The van der Waals surface area contributed by atoms with Crippen LogP contribution in [-0.4, -0.2) is 36.5 Å². The van der Waals surface area contributed by atoms with Crippen molar-refractivity contribution in [2.45, 2.75) is 32.3 Å². The average molecular weight is 235 g/mol. The molecule has 5 nitrogen and oxygen atoms in total. The number of carbonyl (C=O) groups is 1. The molecular weight excluding hydrogens is 218 g/mol. The molecule has 0 aromatic rings. The lowest BCUT2D eigenvalue weighted by Crippen LogP contribution is -2.25. The standard InChI is InChI=1S/C9H17NO4S/c1-2-12-10(8-11)6-3-4-9-5-7-15-14-13-9/h8-9H,2-7H2,1H3. The van der Waals surface area contributed by atoms with Crippen LogP contribution in [0.15, 0.2) is 0 Å². The normalized spacial score (nSPS) is 21.3. The molecule has 0 aromatic heterocycles. The first-order valence-corrected chi connectivity index (χ1v) is 6.07. The number of hydrogen-bond acceptors (Lipinski definition) is 5. The molecule has 1 aliphatic heterocycles. The van der Waals surface area contributed by atoms with Gasteiger partial charge in [-0.15, -0.1) is 0 Å². The van der Waals surface area contributed by atoms with Crippen molar-refractivity contribution in [1.29, 1.82) is 0 Å². The van der Waals surface area contributed by atoms with Crippen molar-refractivity contribution in [2.75, 3.05) is 18.9 Å². The lowest BCUT2D eigenvalue weighted by molar-refractivity contribution is -0.241. The summed E-state index contributed by atoms with van der Waals surface area (Å²) in [5, 5.41) is 1.32. The highest BCUT2D eigenvalue weighted by Gasteiger charge is 2.16. The smallest absolute Gasteiger partial charge is 0.233 e. The fourth-order valence-electron chi connectivity index (χ4n) is 1.33. The Morgan fingerprint density at radius 3 is 3.13 bits per heavy atom. The largest absolute Gasteiger partial charge is 0.276 e. The predicted octanol–water partition coefficient (Wildman–Crippen LogP) is 1.55. The molecule has 0 N–H and O–H groups in total. The Labute approximate surface area is 94.1 Å². The van der Waals surface area contributed by atoms with Crippen molar-refractivity contribution in [3.8, 4) is 0 Å². The van der Waals surface area contributed by atoms with Gasteiger partial charge in [-0.3, -0.25) is 9.63 Å². The van der Waals surface area contributed by atoms with Gasteiger partial charge in [0.2, 0.25) is 6.41 Å². The third-order valence-corrected chi connectivity index (χ3v) is 2.64. The van der Waals surface area contributed by atoms with Crippen LogP contribution in [0.3, 0.4) is 0 Å². The lowest BCUT2D eigenvalue weighted by Gasteiger charge is -2.21. The molecule has 88 valence electrons. The van der Waals surface area contributed by atoms with Gasteiger partial charge in [0.15, 0.2) is 0 Å². The zero-order valence-electron chi connectivity index (χ0n) is 8.89. The van der Waals surface area contributed by atoms with E-state index in [2.05, 4.69) is 0 Å². The molecule has 15 heavy (non-hydrogen) atoms. The Morgan fingerprint density at radius 2 is 2.53 bits per heavy atom. The zero-order chi connectivity index (χ0) is 10.9. The average Bonchev–Trinajstić information content (AvgIpc) is 2.29. The molecule has 1 amide bonds. The summed E-state index contributed by atoms with van der Waals surface area (Å²) in [5.41, 5.74) is 0. The van der Waals surface area contributed by atoms with Gasteiger partial charge >= 0.3 is 0 Å². The van der Waals surface area contributed by atoms with Crippen molar-refractivity contribution in [1.82, 2.24) is 5.06 Å². The fraction of sp³-hybridized carbons (Fsp3) is 0.889. The molecule has 1 saturated heterocycles. The first kappa shape index (κ1) is 12.8. The molecule has 1 rings (SSSR count). The highest BCUT2D eigenvalue weighted by Crippen LogP contribution is 2.20. The second-order valence-corrected chi connectivity index (χ2v) is 3.98. The molecular formula is C9H17NO4S. The maximum Gasteiger partial charge on any atom is 0.233 e. The van der Waals surface area contributed by atoms with Gasteiger partial charge in [-0.05, 0) is 26.2 Å². The summed E-state index contributed by atoms with van der Waals surface area (Å²) >= 11 is 1.34. The third kappa shape index (κ3) is 5.36. The topological polar surface area (TPSA) is 48.0 Å². The number of amides is 1. The summed E-state index contributed by atoms with van der Waals surface area (Å²) < 4.78 is 4.82. The molecule has 6 heteroatoms. The molecule has 0 spiro atoms. The van der Waals surface area contributed by atoms with Crippen LogP contribution in [0, 0.1) is 0 Å². The highest BCUT2D eigenvalue weighted by molar-refractivity contribution is 7.94. The van der Waals surface area contributed by atoms with Gasteiger partial charge in [-0.2, -0.15) is 4.33 Å². The highest BCUT2D eigenvalue weighted by atomic mass is 32.2. The van der Waals surface area contributed by atoms with Crippen molar-refractivity contribution in [3.63, 3.8) is 0 Å². The molecule has 0 aromatic carbocycles. The van der Waals surface area contributed by atoms with E-state index >= 15 is 0 Å². The quantitative estimate of drug-likeness (QED) is 0.290. The summed E-state index contributed by atoms with van der Waals surface area (Å²) in [6, 6.07) is 0. The number of hydroxylamine groups is 2. The van der Waals surface area contributed by atoms with Gasteiger partial charge in [-0.1, -0.05) is 0 Å². The van der Waals surface area contributed by atoms with Crippen molar-refractivity contribution < 1.29 is 18.9 Å². The molecule has 1 unspecified atom stereocenters. The predicted molar refractivity (Wildman–Crippen MR) is 56.7 cm³/mol. The number of nitrogens with zero attached hydrogens (tertiary/aromatic N) is 1. The molecule has 1 heterocycles. The van der Waals surface area contributed by atoms with Crippen LogP contribution in [0.5, 0.6) is 0 Å². The van der Waals surface area contributed by atoms with Crippen LogP contribution in [0.25, 0.3) is 0 Å². The van der Waals surface area contributed by atoms with Crippen LogP contribution < -0.4 is 0 Å². The van der Waals surface area contributed by atoms with E-state index in [1.807, 2.05) is 6.92 Å². The summed E-state index contributed by atoms with van der Waals surface area (Å²) in [7, 11) is 0. The molecule has 1 aliphatic rings. The number of rotatable bonds is 7. The Kier molecular flexibility index (Phi) is 6.74. The van der Waals surface area contributed by atoms with Gasteiger partial charge in [0.1, 0.15) is 0 Å². The van der Waals surface area contributed by atoms with Crippen molar-refractivity contribution in [2.24, 2.45) is 0 Å². The Bertz CT molecular complexity index is 175. The maximum absolute atomic E-state index is 10.5. The Balaban J connectivity index is 2.05. The van der Waals surface area contributed by atoms with E-state index in [0.717, 1.165) is 25.0 Å². The molecule has 0 radical (unpaired) electrons. The van der Waals surface area contributed by atoms with Gasteiger partial charge in [-0.25, -0.2) is 9.95 Å². The van der Waals surface area contributed by atoms with Gasteiger partial charge in [0, 0.05) is 24.3 Å². The first-order valence-electron chi connectivity index (χ1n) is 5.16. The summed E-state index contributed by atoms with van der Waals surface area (Å²) in [6.45, 7) is 2.97. The minimum absolute atomic E-state index is 0.154. The van der Waals surface area contributed by atoms with Crippen LogP contribution in [0.4, 0.5) is 0 Å². The maximum atomic E-state index is 10.5. The van der Waals surface area contributed by atoms with E-state index < -0.39 is 0 Å². The Morgan fingerprint density at radius 1 is 1.67 bits per heavy atom. The van der Waals surface area contributed by atoms with Crippen LogP contribution in [-0.2, 0) is 18.9 Å². The summed E-state index contributed by atoms with van der Waals surface area (Å²) in [5.74, 6) is 0.966. The molecule has 1 fully saturated rings. The first-order chi connectivity index (χ1) is 7.36. The van der Waals surface area contributed by atoms with Gasteiger partial charge in [0.05, 0.1) is 12.7 Å². The molecule has 1 atom stereocenters. The molecule has 0 aliphatic carbocycles. The minimum atomic E-state index is 0.154. The van der Waals surface area contributed by atoms with Crippen molar-refractivity contribution in [3.05, 3.63) is 0 Å². The third-order valence-electron chi connectivity index (χ3n) is 2.06. The number of hydrogen-bond donors (Lipinski definition) is 0. The van der Waals surface area contributed by atoms with E-state index in [9.17, 15) is 4.79 Å². The zero-order valence-corrected chi connectivity index (χ0v) is 9.70. The monoisotopic (exact) mass is 235 g/mol. The summed E-state index contributed by atoms with van der Waals surface area (Å²) in [6.07, 6.45) is 3.61. The van der Waals surface area contributed by atoms with E-state index in [-0.39, 0.29) is 6.10 Å². The fourth-order valence-corrected chi connectivity index (χ4v) is 1.92. The second kappa shape index (κ2) is 7.92. The SMILES string of the molecule is CCON(C=O)CCCC1CCSOO1. The van der Waals surface area contributed by atoms with Crippen LogP contribution >= 0.6 is 12.0 Å². The van der Waals surface area contributed by atoms with Crippen LogP contribution in [0.1, 0.15) is 26.2 Å². The molecule has 0 bridgehead atoms. The van der Waals surface area contributed by atoms with Gasteiger partial charge < -0.3 is 0 Å². The van der Waals surface area contributed by atoms with Crippen LogP contribution in [0.2, 0.25) is 0 Å².